The highest BCUT2D eigenvalue weighted by Crippen LogP contribution is 2.48. The van der Waals surface area contributed by atoms with E-state index in [0.717, 1.165) is 24.2 Å². The molecule has 212 valence electrons. The third-order valence-electron chi connectivity index (χ3n) is 7.67. The van der Waals surface area contributed by atoms with Gasteiger partial charge in [-0.3, -0.25) is 19.4 Å². The van der Waals surface area contributed by atoms with Gasteiger partial charge in [0, 0.05) is 31.9 Å². The summed E-state index contributed by atoms with van der Waals surface area (Å²) in [5.41, 5.74) is -3.18. The van der Waals surface area contributed by atoms with Crippen molar-refractivity contribution in [1.82, 2.24) is 20.1 Å². The van der Waals surface area contributed by atoms with Crippen LogP contribution in [-0.4, -0.2) is 82.8 Å². The number of thiocarbonyl (C=S) groups is 1. The molecule has 9 nitrogen and oxygen atoms in total. The van der Waals surface area contributed by atoms with Crippen LogP contribution in [0.4, 0.5) is 23.2 Å². The number of halogens is 4. The van der Waals surface area contributed by atoms with E-state index in [2.05, 4.69) is 15.2 Å². The van der Waals surface area contributed by atoms with E-state index in [1.54, 1.807) is 0 Å². The predicted octanol–water partition coefficient (Wildman–Crippen LogP) is 2.68. The highest BCUT2D eigenvalue weighted by atomic mass is 32.1. The number of nitrogens with one attached hydrogen (secondary N) is 1. The maximum Gasteiger partial charge on any atom is 0.419 e. The van der Waals surface area contributed by atoms with Crippen molar-refractivity contribution in [2.45, 2.75) is 37.1 Å². The summed E-state index contributed by atoms with van der Waals surface area (Å²) in [6.45, 7) is 3.63. The van der Waals surface area contributed by atoms with Gasteiger partial charge in [0.2, 0.25) is 5.91 Å². The lowest BCUT2D eigenvalue weighted by Gasteiger charge is -2.44. The van der Waals surface area contributed by atoms with Crippen LogP contribution in [0.25, 0.3) is 0 Å². The quantitative estimate of drug-likeness (QED) is 0.406. The predicted molar refractivity (Wildman–Crippen MR) is 138 cm³/mol. The normalized spacial score (nSPS) is 24.6. The summed E-state index contributed by atoms with van der Waals surface area (Å²) < 4.78 is 61.0. The number of ether oxygens (including phenoxy) is 1. The molecule has 2 saturated heterocycles. The first-order valence-electron chi connectivity index (χ1n) is 12.8. The molecule has 1 N–H and O–H groups in total. The second kappa shape index (κ2) is 10.9. The van der Waals surface area contributed by atoms with Crippen LogP contribution in [0.3, 0.4) is 0 Å². The van der Waals surface area contributed by atoms with Crippen molar-refractivity contribution in [2.24, 2.45) is 5.92 Å². The van der Waals surface area contributed by atoms with Crippen LogP contribution in [0.5, 0.6) is 0 Å². The van der Waals surface area contributed by atoms with Crippen LogP contribution in [0.15, 0.2) is 36.2 Å². The Morgan fingerprint density at radius 2 is 2.02 bits per heavy atom. The molecule has 0 bridgehead atoms. The molecule has 2 aliphatic carbocycles. The van der Waals surface area contributed by atoms with Crippen molar-refractivity contribution < 1.29 is 31.9 Å². The zero-order chi connectivity index (χ0) is 28.7. The first-order valence-corrected chi connectivity index (χ1v) is 13.3. The molecule has 40 heavy (non-hydrogen) atoms. The molecular formula is C26H26F4N6O3S. The number of hydrogen-bond donors (Lipinski definition) is 1. The third kappa shape index (κ3) is 4.97. The van der Waals surface area contributed by atoms with E-state index in [9.17, 15) is 27.2 Å². The summed E-state index contributed by atoms with van der Waals surface area (Å²) in [6, 6.07) is 2.10. The molecule has 2 unspecified atom stereocenters. The minimum atomic E-state index is -4.88. The summed E-state index contributed by atoms with van der Waals surface area (Å²) in [6.07, 6.45) is 0.00336. The van der Waals surface area contributed by atoms with Gasteiger partial charge in [0.25, 0.3) is 5.91 Å². The molecule has 1 aromatic heterocycles. The summed E-state index contributed by atoms with van der Waals surface area (Å²) in [5.74, 6) is -2.24. The van der Waals surface area contributed by atoms with Gasteiger partial charge in [-0.2, -0.15) is 18.4 Å². The Bertz CT molecular complexity index is 1320. The number of carbonyl (C=O) groups is 2. The number of morpholine rings is 1. The Kier molecular flexibility index (Phi) is 7.64. The summed E-state index contributed by atoms with van der Waals surface area (Å²) >= 11 is 5.60. The molecule has 2 amide bonds. The average molecular weight is 579 g/mol. The summed E-state index contributed by atoms with van der Waals surface area (Å²) in [5, 5.41) is 11.7. The van der Waals surface area contributed by atoms with Crippen molar-refractivity contribution in [3.05, 3.63) is 47.4 Å². The van der Waals surface area contributed by atoms with Crippen LogP contribution >= 0.6 is 12.2 Å². The van der Waals surface area contributed by atoms with Gasteiger partial charge in [-0.1, -0.05) is 0 Å². The number of nitrogens with zero attached hydrogens (tertiary/aromatic N) is 5. The van der Waals surface area contributed by atoms with E-state index in [-0.39, 0.29) is 10.8 Å². The van der Waals surface area contributed by atoms with E-state index in [1.807, 2.05) is 0 Å². The number of amides is 2. The number of anilines is 1. The third-order valence-corrected chi connectivity index (χ3v) is 8.04. The van der Waals surface area contributed by atoms with Gasteiger partial charge in [-0.05, 0) is 55.8 Å². The van der Waals surface area contributed by atoms with E-state index in [4.69, 9.17) is 22.2 Å². The molecule has 5 rings (SSSR count). The molecule has 4 aliphatic rings. The van der Waals surface area contributed by atoms with Crippen molar-refractivity contribution >= 4 is 34.8 Å². The van der Waals surface area contributed by atoms with Gasteiger partial charge < -0.3 is 15.0 Å². The summed E-state index contributed by atoms with van der Waals surface area (Å²) in [4.78, 5) is 34.8. The number of pyridine rings is 1. The fourth-order valence-electron chi connectivity index (χ4n) is 5.38. The van der Waals surface area contributed by atoms with E-state index in [0.29, 0.717) is 57.3 Å². The smallest absolute Gasteiger partial charge is 0.379 e. The van der Waals surface area contributed by atoms with Crippen molar-refractivity contribution in [2.75, 3.05) is 44.3 Å². The Hall–Kier alpha value is -3.41. The average Bonchev–Trinajstić information content (AvgIpc) is 3.15. The lowest BCUT2D eigenvalue weighted by atomic mass is 9.75. The minimum absolute atomic E-state index is 0.107. The molecule has 2 atom stereocenters. The monoisotopic (exact) mass is 578 g/mol. The van der Waals surface area contributed by atoms with Gasteiger partial charge in [0.1, 0.15) is 17.8 Å². The molecule has 0 radical (unpaired) electrons. The lowest BCUT2D eigenvalue weighted by molar-refractivity contribution is -0.138. The first-order chi connectivity index (χ1) is 19.1. The first kappa shape index (κ1) is 28.1. The lowest BCUT2D eigenvalue weighted by Crippen LogP contribution is -2.54. The molecule has 0 aromatic carbocycles. The Labute approximate surface area is 233 Å². The standard InChI is InChI=1S/C26H26F4N6O3S/c27-20-3-2-16(12-18(20)22(37)32-6-7-34-8-10-39-11-9-34)36-24(40)35(23(38)25(36)4-1-5-25)17-13-19(26(28,29)30)21(14-31)33-15-17/h2-3,12-13,15,18,20H,1,4-11H2,(H,32,37). The largest absolute Gasteiger partial charge is 0.419 e. The zero-order valence-corrected chi connectivity index (χ0v) is 22.1. The van der Waals surface area contributed by atoms with Gasteiger partial charge in [0.05, 0.1) is 36.6 Å². The molecular weight excluding hydrogens is 552 g/mol. The number of carbonyl (C=O) groups excluding carboxylic acids is 2. The number of hydrogen-bond acceptors (Lipinski definition) is 7. The van der Waals surface area contributed by atoms with Gasteiger partial charge in [0.15, 0.2) is 10.8 Å². The Morgan fingerprint density at radius 3 is 2.65 bits per heavy atom. The molecule has 14 heteroatoms. The molecule has 2 aliphatic heterocycles. The maximum absolute atomic E-state index is 14.9. The number of aromatic nitrogens is 1. The fourth-order valence-corrected chi connectivity index (χ4v) is 5.85. The number of allylic oxidation sites excluding steroid dienone is 2. The van der Waals surface area contributed by atoms with E-state index >= 15 is 0 Å². The highest BCUT2D eigenvalue weighted by molar-refractivity contribution is 7.80. The zero-order valence-electron chi connectivity index (χ0n) is 21.3. The summed E-state index contributed by atoms with van der Waals surface area (Å²) in [7, 11) is 0. The van der Waals surface area contributed by atoms with Crippen LogP contribution in [0, 0.1) is 17.2 Å². The maximum atomic E-state index is 14.9. The Morgan fingerprint density at radius 1 is 1.30 bits per heavy atom. The van der Waals surface area contributed by atoms with Crippen LogP contribution < -0.4 is 10.2 Å². The second-order valence-electron chi connectivity index (χ2n) is 10.0. The second-order valence-corrected chi connectivity index (χ2v) is 10.4. The van der Waals surface area contributed by atoms with Gasteiger partial charge in [-0.15, -0.1) is 0 Å². The van der Waals surface area contributed by atoms with E-state index in [1.165, 1.54) is 29.2 Å². The molecule has 1 spiro atoms. The number of nitriles is 1. The van der Waals surface area contributed by atoms with Crippen LogP contribution in [0.1, 0.15) is 30.5 Å². The van der Waals surface area contributed by atoms with Gasteiger partial charge >= 0.3 is 6.18 Å². The van der Waals surface area contributed by atoms with Crippen molar-refractivity contribution in [1.29, 1.82) is 5.26 Å². The fraction of sp³-hybridized carbons (Fsp3) is 0.500. The minimum Gasteiger partial charge on any atom is -0.379 e. The van der Waals surface area contributed by atoms with Crippen molar-refractivity contribution in [3.8, 4) is 6.07 Å². The molecule has 3 fully saturated rings. The van der Waals surface area contributed by atoms with E-state index < -0.39 is 46.9 Å². The SMILES string of the molecule is N#Cc1ncc(N2C(=O)C3(CCC3)N(C3=CC(C(=O)NCCN4CCOCC4)C(F)C=C3)C2=S)cc1C(F)(F)F. The highest BCUT2D eigenvalue weighted by Gasteiger charge is 2.60. The van der Waals surface area contributed by atoms with Crippen LogP contribution in [0.2, 0.25) is 0 Å². The van der Waals surface area contributed by atoms with Gasteiger partial charge in [-0.25, -0.2) is 9.37 Å². The van der Waals surface area contributed by atoms with Crippen molar-refractivity contribution in [3.63, 3.8) is 0 Å². The molecule has 1 saturated carbocycles. The molecule has 1 aromatic rings. The topological polar surface area (TPSA) is 102 Å². The van der Waals surface area contributed by atoms with Crippen LogP contribution in [-0.2, 0) is 20.5 Å². The number of alkyl halides is 4. The Balaban J connectivity index is 1.40. The number of rotatable bonds is 6. The molecule has 3 heterocycles.